The SMILES string of the molecule is Cc1ccc(Pc2ccc(C(=O)OCc3ccccc3)c3nsnc23)c2nsnc12. The first kappa shape index (κ1) is 19.2. The number of aryl methyl sites for hydroxylation is 1. The largest absolute Gasteiger partial charge is 0.457 e. The molecule has 1 unspecified atom stereocenters. The maximum Gasteiger partial charge on any atom is 0.340 e. The number of hydrogen-bond donors (Lipinski definition) is 0. The zero-order chi connectivity index (χ0) is 20.5. The molecule has 2 heterocycles. The van der Waals surface area contributed by atoms with E-state index in [0.717, 1.165) is 50.0 Å². The van der Waals surface area contributed by atoms with Gasteiger partial charge in [-0.2, -0.15) is 17.5 Å². The fourth-order valence-electron chi connectivity index (χ4n) is 3.17. The Balaban J connectivity index is 1.44. The van der Waals surface area contributed by atoms with Gasteiger partial charge in [0.05, 0.1) is 29.0 Å². The average molecular weight is 450 g/mol. The highest BCUT2D eigenvalue weighted by atomic mass is 32.1. The first-order chi connectivity index (χ1) is 14.7. The quantitative estimate of drug-likeness (QED) is 0.298. The first-order valence-electron chi connectivity index (χ1n) is 9.16. The normalized spacial score (nSPS) is 11.6. The second-order valence-corrected chi connectivity index (χ2v) is 9.08. The number of hydrogen-bond acceptors (Lipinski definition) is 8. The number of aromatic nitrogens is 4. The molecule has 0 radical (unpaired) electrons. The van der Waals surface area contributed by atoms with E-state index >= 15 is 0 Å². The van der Waals surface area contributed by atoms with Gasteiger partial charge in [-0.1, -0.05) is 57.1 Å². The predicted octanol–water partition coefficient (Wildman–Crippen LogP) is 3.99. The van der Waals surface area contributed by atoms with E-state index in [4.69, 9.17) is 4.74 Å². The van der Waals surface area contributed by atoms with Crippen molar-refractivity contribution in [3.05, 3.63) is 71.3 Å². The van der Waals surface area contributed by atoms with E-state index < -0.39 is 5.97 Å². The van der Waals surface area contributed by atoms with Crippen LogP contribution in [0.25, 0.3) is 22.1 Å². The summed E-state index contributed by atoms with van der Waals surface area (Å²) < 4.78 is 23.2. The van der Waals surface area contributed by atoms with Gasteiger partial charge >= 0.3 is 5.97 Å². The van der Waals surface area contributed by atoms with Crippen molar-refractivity contribution in [2.45, 2.75) is 13.5 Å². The fraction of sp³-hybridized carbons (Fsp3) is 0.0952. The second-order valence-electron chi connectivity index (χ2n) is 6.70. The molecule has 2 aromatic heterocycles. The molecule has 148 valence electrons. The van der Waals surface area contributed by atoms with E-state index in [2.05, 4.69) is 29.6 Å². The van der Waals surface area contributed by atoms with Crippen LogP contribution in [0.5, 0.6) is 0 Å². The third kappa shape index (κ3) is 3.58. The van der Waals surface area contributed by atoms with Crippen LogP contribution in [0.2, 0.25) is 0 Å². The zero-order valence-corrected chi connectivity index (χ0v) is 18.5. The van der Waals surface area contributed by atoms with Crippen molar-refractivity contribution in [3.8, 4) is 0 Å². The number of carbonyl (C=O) groups excluding carboxylic acids is 1. The maximum absolute atomic E-state index is 12.7. The third-order valence-electron chi connectivity index (χ3n) is 4.73. The number of ether oxygens (including phenoxy) is 1. The predicted molar refractivity (Wildman–Crippen MR) is 123 cm³/mol. The van der Waals surface area contributed by atoms with Crippen LogP contribution in [-0.4, -0.2) is 23.5 Å². The summed E-state index contributed by atoms with van der Waals surface area (Å²) in [5.41, 5.74) is 5.70. The molecule has 0 spiro atoms. The smallest absolute Gasteiger partial charge is 0.340 e. The summed E-state index contributed by atoms with van der Waals surface area (Å²) in [5.74, 6) is -0.395. The number of carbonyl (C=O) groups is 1. The molecule has 0 aliphatic carbocycles. The standard InChI is InChI=1S/C21H15N4O2PS2/c1-12-7-9-15(19-17(12)22-29-24-19)28-16-10-8-14(18-20(16)25-30-23-18)21(26)27-11-13-5-3-2-4-6-13/h2-10,28H,11H2,1H3. The van der Waals surface area contributed by atoms with Crippen molar-refractivity contribution in [2.24, 2.45) is 0 Å². The monoisotopic (exact) mass is 450 g/mol. The summed E-state index contributed by atoms with van der Waals surface area (Å²) in [4.78, 5) is 12.7. The minimum Gasteiger partial charge on any atom is -0.457 e. The van der Waals surface area contributed by atoms with Crippen LogP contribution in [0, 0.1) is 6.92 Å². The summed E-state index contributed by atoms with van der Waals surface area (Å²) in [5, 5.41) is 2.13. The summed E-state index contributed by atoms with van der Waals surface area (Å²) in [6.45, 7) is 2.26. The van der Waals surface area contributed by atoms with Crippen LogP contribution in [0.4, 0.5) is 0 Å². The van der Waals surface area contributed by atoms with Crippen molar-refractivity contribution in [2.75, 3.05) is 0 Å². The minimum atomic E-state index is -0.395. The molecule has 0 aliphatic heterocycles. The minimum absolute atomic E-state index is 0.223. The molecule has 30 heavy (non-hydrogen) atoms. The Morgan fingerprint density at radius 3 is 2.23 bits per heavy atom. The molecule has 0 saturated heterocycles. The lowest BCUT2D eigenvalue weighted by Gasteiger charge is -2.08. The molecule has 3 aromatic carbocycles. The van der Waals surface area contributed by atoms with Crippen LogP contribution in [0.15, 0.2) is 54.6 Å². The Kier molecular flexibility index (Phi) is 5.21. The molecule has 1 atom stereocenters. The van der Waals surface area contributed by atoms with Gasteiger partial charge in [0, 0.05) is 10.6 Å². The number of nitrogens with zero attached hydrogens (tertiary/aromatic N) is 4. The number of rotatable bonds is 5. The molecule has 0 bridgehead atoms. The maximum atomic E-state index is 12.7. The van der Waals surface area contributed by atoms with E-state index in [0.29, 0.717) is 19.7 Å². The van der Waals surface area contributed by atoms with Crippen LogP contribution in [-0.2, 0) is 11.3 Å². The first-order valence-corrected chi connectivity index (χ1v) is 11.6. The lowest BCUT2D eigenvalue weighted by Crippen LogP contribution is -2.11. The average Bonchev–Trinajstić information content (AvgIpc) is 3.45. The lowest BCUT2D eigenvalue weighted by molar-refractivity contribution is 0.0475. The highest BCUT2D eigenvalue weighted by Gasteiger charge is 2.18. The van der Waals surface area contributed by atoms with Gasteiger partial charge < -0.3 is 4.74 Å². The number of benzene rings is 3. The Morgan fingerprint density at radius 1 is 0.833 bits per heavy atom. The van der Waals surface area contributed by atoms with E-state index in [1.165, 1.54) is 11.7 Å². The molecule has 9 heteroatoms. The van der Waals surface area contributed by atoms with Crippen LogP contribution in [0.3, 0.4) is 0 Å². The molecular formula is C21H15N4O2PS2. The highest BCUT2D eigenvalue weighted by Crippen LogP contribution is 2.25. The highest BCUT2D eigenvalue weighted by molar-refractivity contribution is 7.56. The van der Waals surface area contributed by atoms with Crippen LogP contribution < -0.4 is 10.6 Å². The van der Waals surface area contributed by atoms with Gasteiger partial charge in [0.25, 0.3) is 0 Å². The van der Waals surface area contributed by atoms with Crippen molar-refractivity contribution in [3.63, 3.8) is 0 Å². The summed E-state index contributed by atoms with van der Waals surface area (Å²) in [6, 6.07) is 17.5. The molecule has 0 aliphatic rings. The number of esters is 1. The van der Waals surface area contributed by atoms with Gasteiger partial charge in [-0.15, -0.1) is 0 Å². The van der Waals surface area contributed by atoms with E-state index in [9.17, 15) is 4.79 Å². The summed E-state index contributed by atoms with van der Waals surface area (Å²) >= 11 is 2.33. The number of fused-ring (bicyclic) bond motifs is 2. The van der Waals surface area contributed by atoms with Crippen molar-refractivity contribution < 1.29 is 9.53 Å². The van der Waals surface area contributed by atoms with E-state index in [1.54, 1.807) is 6.07 Å². The van der Waals surface area contributed by atoms with E-state index in [-0.39, 0.29) is 6.61 Å². The molecule has 0 amide bonds. The Hall–Kier alpha value is -2.80. The van der Waals surface area contributed by atoms with Gasteiger partial charge in [0.1, 0.15) is 28.7 Å². The lowest BCUT2D eigenvalue weighted by atomic mass is 10.2. The Bertz CT molecular complexity index is 1370. The topological polar surface area (TPSA) is 77.9 Å². The Labute approximate surface area is 182 Å². The Morgan fingerprint density at radius 2 is 1.47 bits per heavy atom. The van der Waals surface area contributed by atoms with Crippen LogP contribution >= 0.6 is 32.0 Å². The van der Waals surface area contributed by atoms with Crippen LogP contribution in [0.1, 0.15) is 21.5 Å². The zero-order valence-electron chi connectivity index (χ0n) is 15.8. The summed E-state index contributed by atoms with van der Waals surface area (Å²) in [7, 11) is 0.339. The van der Waals surface area contributed by atoms with Crippen molar-refractivity contribution in [1.82, 2.24) is 17.5 Å². The summed E-state index contributed by atoms with van der Waals surface area (Å²) in [6.07, 6.45) is 0. The van der Waals surface area contributed by atoms with Crippen molar-refractivity contribution >= 4 is 70.7 Å². The van der Waals surface area contributed by atoms with Gasteiger partial charge in [0.15, 0.2) is 0 Å². The van der Waals surface area contributed by atoms with Crippen molar-refractivity contribution in [1.29, 1.82) is 0 Å². The third-order valence-corrected chi connectivity index (χ3v) is 7.14. The molecular weight excluding hydrogens is 435 g/mol. The molecule has 6 nitrogen and oxygen atoms in total. The fourth-order valence-corrected chi connectivity index (χ4v) is 5.73. The molecule has 0 N–H and O–H groups in total. The van der Waals surface area contributed by atoms with Gasteiger partial charge in [-0.3, -0.25) is 0 Å². The molecule has 5 aromatic rings. The molecule has 5 rings (SSSR count). The molecule has 0 fully saturated rings. The van der Waals surface area contributed by atoms with Gasteiger partial charge in [-0.25, -0.2) is 4.79 Å². The van der Waals surface area contributed by atoms with Gasteiger partial charge in [-0.05, 0) is 24.1 Å². The van der Waals surface area contributed by atoms with Gasteiger partial charge in [0.2, 0.25) is 0 Å². The molecule has 0 saturated carbocycles. The van der Waals surface area contributed by atoms with E-state index in [1.807, 2.05) is 43.3 Å². The second kappa shape index (κ2) is 8.14.